The van der Waals surface area contributed by atoms with Crippen molar-refractivity contribution >= 4 is 5.97 Å². The number of aliphatic hydroxyl groups excluding tert-OH is 1. The van der Waals surface area contributed by atoms with Gasteiger partial charge >= 0.3 is 0 Å². The van der Waals surface area contributed by atoms with Crippen molar-refractivity contribution in [1.82, 2.24) is 0 Å². The van der Waals surface area contributed by atoms with Crippen LogP contribution in [0.15, 0.2) is 0 Å². The molecule has 0 aliphatic heterocycles. The van der Waals surface area contributed by atoms with E-state index in [2.05, 4.69) is 4.89 Å². The number of aliphatic hydroxyl groups is 1. The lowest BCUT2D eigenvalue weighted by Crippen LogP contribution is -2.53. The van der Waals surface area contributed by atoms with E-state index in [9.17, 15) is 15.0 Å². The molecule has 0 amide bonds. The van der Waals surface area contributed by atoms with Gasteiger partial charge in [0, 0.05) is 5.41 Å². The van der Waals surface area contributed by atoms with Crippen LogP contribution in [0, 0.1) is 10.8 Å². The van der Waals surface area contributed by atoms with E-state index in [1.165, 1.54) is 13.8 Å². The van der Waals surface area contributed by atoms with Crippen molar-refractivity contribution < 1.29 is 25.2 Å². The van der Waals surface area contributed by atoms with Gasteiger partial charge in [0.2, 0.25) is 0 Å². The molecule has 0 spiro atoms. The minimum atomic E-state index is -1.33. The number of aliphatic carboxylic acids is 1. The molecule has 0 bridgehead atoms. The number of hydrogen-bond donors (Lipinski definition) is 2. The summed E-state index contributed by atoms with van der Waals surface area (Å²) in [6, 6.07) is 0. The number of hydrogen-bond acceptors (Lipinski definition) is 5. The van der Waals surface area contributed by atoms with Gasteiger partial charge in [0.1, 0.15) is 5.60 Å². The molecule has 0 heterocycles. The summed E-state index contributed by atoms with van der Waals surface area (Å²) in [5, 5.41) is 29.7. The predicted molar refractivity (Wildman–Crippen MR) is 49.6 cm³/mol. The Balaban J connectivity index is 3.01. The van der Waals surface area contributed by atoms with Gasteiger partial charge in [0.15, 0.2) is 0 Å². The number of carboxylic acid groups (broad SMARTS) is 1. The molecule has 0 aromatic carbocycles. The summed E-state index contributed by atoms with van der Waals surface area (Å²) >= 11 is 0. The molecule has 88 valence electrons. The van der Waals surface area contributed by atoms with Crippen LogP contribution in [0.25, 0.3) is 0 Å². The van der Waals surface area contributed by atoms with Crippen molar-refractivity contribution in [1.29, 1.82) is 0 Å². The van der Waals surface area contributed by atoms with E-state index < -0.39 is 28.5 Å². The molecule has 0 aromatic heterocycles. The maximum Gasteiger partial charge on any atom is 0.124 e. The summed E-state index contributed by atoms with van der Waals surface area (Å²) in [6.07, 6.45) is -0.994. The lowest BCUT2D eigenvalue weighted by atomic mass is 9.81. The first-order valence-corrected chi connectivity index (χ1v) is 4.84. The average Bonchev–Trinajstić information content (AvgIpc) is 2.69. The van der Waals surface area contributed by atoms with Gasteiger partial charge in [-0.2, -0.15) is 0 Å². The zero-order chi connectivity index (χ0) is 12.1. The van der Waals surface area contributed by atoms with Crippen LogP contribution < -0.4 is 5.11 Å². The van der Waals surface area contributed by atoms with Crippen LogP contribution in [-0.2, 0) is 9.68 Å². The number of carbonyl (C=O) groups is 1. The zero-order valence-electron chi connectivity index (χ0n) is 9.40. The molecule has 2 atom stereocenters. The standard InChI is InChI=1S/C10H18O5/c1-8(2)5-10(8,7(12)13)6(11)9(3,4)15-14/h6,11,14H,5H2,1-4H3,(H,12,13)/p-1. The summed E-state index contributed by atoms with van der Waals surface area (Å²) in [4.78, 5) is 15.2. The molecule has 1 rings (SSSR count). The van der Waals surface area contributed by atoms with Gasteiger partial charge in [-0.3, -0.25) is 5.26 Å². The van der Waals surface area contributed by atoms with Gasteiger partial charge in [-0.1, -0.05) is 13.8 Å². The van der Waals surface area contributed by atoms with E-state index >= 15 is 0 Å². The molecule has 1 aliphatic carbocycles. The maximum absolute atomic E-state index is 11.1. The fourth-order valence-electron chi connectivity index (χ4n) is 2.22. The van der Waals surface area contributed by atoms with Crippen molar-refractivity contribution in [2.24, 2.45) is 10.8 Å². The Labute approximate surface area is 88.6 Å². The minimum absolute atomic E-state index is 0.316. The Hall–Kier alpha value is -0.650. The first-order valence-electron chi connectivity index (χ1n) is 4.84. The quantitative estimate of drug-likeness (QED) is 0.502. The van der Waals surface area contributed by atoms with E-state index in [4.69, 9.17) is 5.26 Å². The highest BCUT2D eigenvalue weighted by Gasteiger charge is 2.69. The summed E-state index contributed by atoms with van der Waals surface area (Å²) in [6.45, 7) is 6.33. The van der Waals surface area contributed by atoms with Crippen LogP contribution in [0.1, 0.15) is 34.1 Å². The monoisotopic (exact) mass is 217 g/mol. The van der Waals surface area contributed by atoms with E-state index in [1.807, 2.05) is 0 Å². The highest BCUT2D eigenvalue weighted by molar-refractivity contribution is 5.79. The van der Waals surface area contributed by atoms with Gasteiger partial charge < -0.3 is 15.0 Å². The van der Waals surface area contributed by atoms with Crippen molar-refractivity contribution in [2.45, 2.75) is 45.8 Å². The van der Waals surface area contributed by atoms with Crippen molar-refractivity contribution in [2.75, 3.05) is 0 Å². The third kappa shape index (κ3) is 1.55. The summed E-state index contributed by atoms with van der Waals surface area (Å²) in [7, 11) is 0. The Morgan fingerprint density at radius 1 is 1.53 bits per heavy atom. The van der Waals surface area contributed by atoms with Crippen LogP contribution in [0.5, 0.6) is 0 Å². The van der Waals surface area contributed by atoms with E-state index in [0.29, 0.717) is 6.42 Å². The molecule has 5 nitrogen and oxygen atoms in total. The Morgan fingerprint density at radius 3 is 2.13 bits per heavy atom. The lowest BCUT2D eigenvalue weighted by molar-refractivity contribution is -0.352. The lowest BCUT2D eigenvalue weighted by Gasteiger charge is -2.36. The second-order valence-corrected chi connectivity index (χ2v) is 5.42. The van der Waals surface area contributed by atoms with Crippen LogP contribution in [-0.4, -0.2) is 28.0 Å². The Morgan fingerprint density at radius 2 is 1.93 bits per heavy atom. The summed E-state index contributed by atoms with van der Waals surface area (Å²) < 4.78 is 0. The third-order valence-electron chi connectivity index (χ3n) is 3.53. The van der Waals surface area contributed by atoms with E-state index in [-0.39, 0.29) is 0 Å². The molecule has 0 saturated heterocycles. The largest absolute Gasteiger partial charge is 0.549 e. The van der Waals surface area contributed by atoms with Gasteiger partial charge in [0.25, 0.3) is 0 Å². The smallest absolute Gasteiger partial charge is 0.124 e. The van der Waals surface area contributed by atoms with Gasteiger partial charge in [0.05, 0.1) is 12.1 Å². The molecule has 2 unspecified atom stereocenters. The molecule has 15 heavy (non-hydrogen) atoms. The summed E-state index contributed by atoms with van der Waals surface area (Å²) in [5.74, 6) is -1.30. The van der Waals surface area contributed by atoms with E-state index in [1.54, 1.807) is 13.8 Å². The number of rotatable bonds is 4. The second-order valence-electron chi connectivity index (χ2n) is 5.42. The highest BCUT2D eigenvalue weighted by atomic mass is 17.1. The van der Waals surface area contributed by atoms with Crippen molar-refractivity contribution in [3.63, 3.8) is 0 Å². The SMILES string of the molecule is CC(C)(OO)C(O)C1(C(=O)[O-])CC1(C)C. The molecule has 1 aliphatic rings. The molecule has 1 saturated carbocycles. The van der Waals surface area contributed by atoms with Gasteiger partial charge in [-0.15, -0.1) is 0 Å². The normalized spacial score (nSPS) is 31.1. The highest BCUT2D eigenvalue weighted by Crippen LogP contribution is 2.66. The fraction of sp³-hybridized carbons (Fsp3) is 0.900. The first-order chi connectivity index (χ1) is 6.62. The Bertz CT molecular complexity index is 284. The number of carboxylic acids is 1. The minimum Gasteiger partial charge on any atom is -0.549 e. The second kappa shape index (κ2) is 3.17. The molecule has 5 heteroatoms. The summed E-state index contributed by atoms with van der Waals surface area (Å²) in [5.41, 5.74) is -3.20. The molecule has 2 N–H and O–H groups in total. The van der Waals surface area contributed by atoms with Crippen LogP contribution >= 0.6 is 0 Å². The van der Waals surface area contributed by atoms with Crippen LogP contribution in [0.2, 0.25) is 0 Å². The third-order valence-corrected chi connectivity index (χ3v) is 3.53. The molecule has 0 radical (unpaired) electrons. The zero-order valence-corrected chi connectivity index (χ0v) is 9.40. The number of carbonyl (C=O) groups excluding carboxylic acids is 1. The topological polar surface area (TPSA) is 89.8 Å². The van der Waals surface area contributed by atoms with Crippen molar-refractivity contribution in [3.05, 3.63) is 0 Å². The molecule has 1 fully saturated rings. The van der Waals surface area contributed by atoms with E-state index in [0.717, 1.165) is 0 Å². The van der Waals surface area contributed by atoms with Crippen molar-refractivity contribution in [3.8, 4) is 0 Å². The predicted octanol–water partition coefficient (Wildman–Crippen LogP) is -0.218. The van der Waals surface area contributed by atoms with Crippen LogP contribution in [0.4, 0.5) is 0 Å². The molecule has 0 aromatic rings. The molecular weight excluding hydrogens is 200 g/mol. The van der Waals surface area contributed by atoms with Gasteiger partial charge in [-0.05, 0) is 25.7 Å². The average molecular weight is 217 g/mol. The maximum atomic E-state index is 11.1. The van der Waals surface area contributed by atoms with Crippen LogP contribution in [0.3, 0.4) is 0 Å². The van der Waals surface area contributed by atoms with Gasteiger partial charge in [-0.25, -0.2) is 4.89 Å². The fourth-order valence-corrected chi connectivity index (χ4v) is 2.22. The molecular formula is C10H17O5-. The first kappa shape index (κ1) is 12.4. The Kier molecular flexibility index (Phi) is 2.62.